The van der Waals surface area contributed by atoms with E-state index in [2.05, 4.69) is 79.7 Å². The summed E-state index contributed by atoms with van der Waals surface area (Å²) in [7, 11) is 0. The Morgan fingerprint density at radius 2 is 0.460 bits per heavy atom. The number of nitrogens with zero attached hydrogens (tertiary/aromatic N) is 4. The van der Waals surface area contributed by atoms with Crippen molar-refractivity contribution in [3.8, 4) is 23.0 Å². The Morgan fingerprint density at radius 3 is 0.670 bits per heavy atom. The molecule has 0 bridgehead atoms. The van der Waals surface area contributed by atoms with Gasteiger partial charge in [0.1, 0.15) is 23.0 Å². The minimum atomic E-state index is 0.623. The molecule has 12 rings (SSSR count). The van der Waals surface area contributed by atoms with Crippen LogP contribution in [0.4, 0.5) is 0 Å². The summed E-state index contributed by atoms with van der Waals surface area (Å²) in [5, 5.41) is 0. The van der Waals surface area contributed by atoms with Gasteiger partial charge in [0, 0.05) is 22.8 Å². The minimum absolute atomic E-state index is 0.623. The molecule has 0 aliphatic heterocycles. The van der Waals surface area contributed by atoms with E-state index in [-0.39, 0.29) is 0 Å². The lowest BCUT2D eigenvalue weighted by Gasteiger charge is -2.40. The van der Waals surface area contributed by atoms with Crippen LogP contribution in [0.15, 0.2) is 49.1 Å². The molecule has 0 saturated heterocycles. The highest BCUT2D eigenvalue weighted by atomic mass is 16.5. The maximum atomic E-state index is 6.84. The van der Waals surface area contributed by atoms with E-state index in [1.807, 2.05) is 24.8 Å². The number of ether oxygens (including phenoxy) is 2. The largest absolute Gasteiger partial charge is 0.454 e. The highest BCUT2D eigenvalue weighted by Gasteiger charge is 2.41. The van der Waals surface area contributed by atoms with Crippen LogP contribution in [-0.2, 0) is 0 Å². The number of aromatic nitrogens is 4. The van der Waals surface area contributed by atoms with E-state index in [1.54, 1.807) is 0 Å². The molecule has 8 aliphatic carbocycles. The molecular formula is C94H148N4O2. The van der Waals surface area contributed by atoms with Crippen LogP contribution < -0.4 is 9.47 Å². The molecule has 0 N–H and O–H groups in total. The van der Waals surface area contributed by atoms with E-state index in [0.29, 0.717) is 23.7 Å². The Kier molecular flexibility index (Phi) is 31.4. The molecule has 0 spiro atoms. The predicted molar refractivity (Wildman–Crippen MR) is 422 cm³/mol. The van der Waals surface area contributed by atoms with Crippen molar-refractivity contribution in [3.63, 3.8) is 0 Å². The molecule has 8 fully saturated rings. The number of hydrogen-bond donors (Lipinski definition) is 0. The van der Waals surface area contributed by atoms with Gasteiger partial charge in [-0.3, -0.25) is 19.9 Å². The molecule has 556 valence electrons. The zero-order valence-electron chi connectivity index (χ0n) is 65.8. The fourth-order valence-corrected chi connectivity index (χ4v) is 23.2. The Bertz CT molecular complexity index is 2750. The SMILES string of the molecule is CCCCC1CCC(C(c2cc(Oc3cnc(C)c(C(C4CCCCC4)C4CCC(CCCC)CC4)c3)cnc2C)C2CCCCC2)CC1.CCCCCC1CCC(C(c2cc(Oc3cnc(C)c(C(C4CCCCC4)C4CCC(CCCCC)CC4)c3)cnc2C)C2CCCCC2)CC1. The zero-order valence-corrected chi connectivity index (χ0v) is 65.8. The molecule has 100 heavy (non-hydrogen) atoms. The maximum Gasteiger partial charge on any atom is 0.146 e. The van der Waals surface area contributed by atoms with Crippen LogP contribution in [0.2, 0.25) is 0 Å². The molecule has 8 aliphatic rings. The lowest BCUT2D eigenvalue weighted by Crippen LogP contribution is -2.28. The quantitative estimate of drug-likeness (QED) is 0.0485. The molecule has 4 aromatic rings. The molecule has 0 amide bonds. The van der Waals surface area contributed by atoms with E-state index in [4.69, 9.17) is 29.4 Å². The molecule has 0 radical (unpaired) electrons. The van der Waals surface area contributed by atoms with Gasteiger partial charge in [0.25, 0.3) is 0 Å². The van der Waals surface area contributed by atoms with Crippen molar-refractivity contribution >= 4 is 0 Å². The first-order valence-electron chi connectivity index (χ1n) is 44.3. The maximum absolute atomic E-state index is 6.84. The van der Waals surface area contributed by atoms with Crippen LogP contribution in [0.1, 0.15) is 417 Å². The first-order chi connectivity index (χ1) is 49.1. The molecule has 4 unspecified atom stereocenters. The Balaban J connectivity index is 0.000000202. The number of unbranched alkanes of at least 4 members (excludes halogenated alkanes) is 6. The monoisotopic (exact) mass is 1370 g/mol. The van der Waals surface area contributed by atoms with E-state index in [0.717, 1.165) is 94.0 Å². The van der Waals surface area contributed by atoms with Crippen molar-refractivity contribution in [1.29, 1.82) is 0 Å². The second kappa shape index (κ2) is 40.6. The summed E-state index contributed by atoms with van der Waals surface area (Å²) < 4.78 is 13.7. The summed E-state index contributed by atoms with van der Waals surface area (Å²) in [5.41, 5.74) is 10.9. The molecule has 6 heteroatoms. The summed E-state index contributed by atoms with van der Waals surface area (Å²) in [6.07, 6.45) is 78.2. The molecule has 4 atom stereocenters. The Labute approximate surface area is 614 Å². The van der Waals surface area contributed by atoms with Gasteiger partial charge >= 0.3 is 0 Å². The van der Waals surface area contributed by atoms with Crippen LogP contribution in [-0.4, -0.2) is 19.9 Å². The molecule has 0 aromatic carbocycles. The highest BCUT2D eigenvalue weighted by Crippen LogP contribution is 2.54. The van der Waals surface area contributed by atoms with E-state index >= 15 is 0 Å². The van der Waals surface area contributed by atoms with Crippen molar-refractivity contribution in [2.75, 3.05) is 0 Å². The van der Waals surface area contributed by atoms with Gasteiger partial charge in [0.05, 0.1) is 24.8 Å². The Hall–Kier alpha value is -3.80. The summed E-state index contributed by atoms with van der Waals surface area (Å²) >= 11 is 0. The van der Waals surface area contributed by atoms with Crippen LogP contribution in [0, 0.1) is 98.7 Å². The standard InChI is InChI=1S/C48H76N2O.C46H72N2O/c1-5-7-11-17-37-23-27-41(28-24-37)47(39-19-13-9-14-20-39)45-31-43(33-49-35(45)3)51-44-32-46(36(4)50-34-44)48(40-21-15-10-16-22-40)42-29-25-38(26-30-42)18-12-8-6-2;1-5-7-15-35-21-25-39(26-22-35)45(37-17-11-9-12-18-37)43-29-41(31-47-33(43)3)49-42-30-44(34(4)48-32-42)46(38-19-13-10-14-20-38)40-27-23-36(24-28-40)16-8-6-2/h31-34,37-42,47-48H,5-30H2,1-4H3;29-32,35-40,45-46H,5-28H2,1-4H3. The van der Waals surface area contributed by atoms with Crippen LogP contribution in [0.25, 0.3) is 0 Å². The van der Waals surface area contributed by atoms with E-state index in [9.17, 15) is 0 Å². The third-order valence-corrected chi connectivity index (χ3v) is 28.9. The fraction of sp³-hybridized carbons (Fsp3) is 0.787. The third-order valence-electron chi connectivity index (χ3n) is 28.9. The minimum Gasteiger partial charge on any atom is -0.454 e. The van der Waals surface area contributed by atoms with Gasteiger partial charge < -0.3 is 9.47 Å². The van der Waals surface area contributed by atoms with Gasteiger partial charge in [0.2, 0.25) is 0 Å². The van der Waals surface area contributed by atoms with E-state index < -0.39 is 0 Å². The second-order valence-corrected chi connectivity index (χ2v) is 35.7. The van der Waals surface area contributed by atoms with Crippen molar-refractivity contribution in [3.05, 3.63) is 94.1 Å². The summed E-state index contributed by atoms with van der Waals surface area (Å²) in [6, 6.07) is 9.68. The van der Waals surface area contributed by atoms with Crippen molar-refractivity contribution in [2.24, 2.45) is 71.0 Å². The average Bonchev–Trinajstić information content (AvgIpc) is 0.806. The zero-order chi connectivity index (χ0) is 69.4. The van der Waals surface area contributed by atoms with Crippen molar-refractivity contribution in [2.45, 2.75) is 400 Å². The lowest BCUT2D eigenvalue weighted by atomic mass is 9.65. The molecule has 6 nitrogen and oxygen atoms in total. The number of hydrogen-bond acceptors (Lipinski definition) is 6. The normalized spacial score (nSPS) is 26.8. The van der Waals surface area contributed by atoms with E-state index in [1.165, 1.54) is 366 Å². The molecule has 4 aromatic heterocycles. The van der Waals surface area contributed by atoms with Gasteiger partial charge in [-0.1, -0.05) is 246 Å². The van der Waals surface area contributed by atoms with Gasteiger partial charge in [-0.2, -0.15) is 0 Å². The van der Waals surface area contributed by atoms with Gasteiger partial charge in [-0.05, 0) is 272 Å². The first-order valence-corrected chi connectivity index (χ1v) is 44.3. The predicted octanol–water partition coefficient (Wildman–Crippen LogP) is 29.2. The summed E-state index contributed by atoms with van der Waals surface area (Å²) in [4.78, 5) is 20.2. The van der Waals surface area contributed by atoms with Crippen LogP contribution in [0.3, 0.4) is 0 Å². The van der Waals surface area contributed by atoms with Gasteiger partial charge in [-0.15, -0.1) is 0 Å². The second-order valence-electron chi connectivity index (χ2n) is 35.7. The molecule has 8 saturated carbocycles. The van der Waals surface area contributed by atoms with Crippen molar-refractivity contribution in [1.82, 2.24) is 19.9 Å². The molecule has 4 heterocycles. The highest BCUT2D eigenvalue weighted by molar-refractivity contribution is 5.41. The first kappa shape index (κ1) is 77.3. The summed E-state index contributed by atoms with van der Waals surface area (Å²) in [5.74, 6) is 16.3. The van der Waals surface area contributed by atoms with Crippen LogP contribution in [0.5, 0.6) is 23.0 Å². The Morgan fingerprint density at radius 1 is 0.260 bits per heavy atom. The number of rotatable bonds is 30. The number of pyridine rings is 4. The van der Waals surface area contributed by atoms with Crippen LogP contribution >= 0.6 is 0 Å². The third kappa shape index (κ3) is 21.7. The van der Waals surface area contributed by atoms with Gasteiger partial charge in [0.15, 0.2) is 0 Å². The average molecular weight is 1370 g/mol. The smallest absolute Gasteiger partial charge is 0.146 e. The van der Waals surface area contributed by atoms with Gasteiger partial charge in [-0.25, -0.2) is 0 Å². The number of aryl methyl sites for hydroxylation is 4. The topological polar surface area (TPSA) is 70.0 Å². The summed E-state index contributed by atoms with van der Waals surface area (Å²) in [6.45, 7) is 18.4. The fourth-order valence-electron chi connectivity index (χ4n) is 23.2. The van der Waals surface area contributed by atoms with Crippen molar-refractivity contribution < 1.29 is 9.47 Å². The lowest BCUT2D eigenvalue weighted by molar-refractivity contribution is 0.171. The molecular weight excluding hydrogens is 1220 g/mol.